The van der Waals surface area contributed by atoms with Gasteiger partial charge in [-0.2, -0.15) is 0 Å². The number of alkyl halides is 1. The second-order valence-corrected chi connectivity index (χ2v) is 11.7. The van der Waals surface area contributed by atoms with Gasteiger partial charge in [-0.3, -0.25) is 14.6 Å². The zero-order chi connectivity index (χ0) is 29.0. The molecule has 1 aliphatic rings. The number of piperidine rings is 1. The van der Waals surface area contributed by atoms with Crippen molar-refractivity contribution in [2.45, 2.75) is 38.9 Å². The predicted octanol–water partition coefficient (Wildman–Crippen LogP) is 6.06. The number of pyridine rings is 2. The van der Waals surface area contributed by atoms with Crippen LogP contribution >= 0.6 is 11.3 Å². The Morgan fingerprint density at radius 3 is 2.56 bits per heavy atom. The summed E-state index contributed by atoms with van der Waals surface area (Å²) < 4.78 is 14.1. The number of likely N-dealkylation sites (tertiary alicyclic amines) is 1. The zero-order valence-corrected chi connectivity index (χ0v) is 23.9. The Labute approximate surface area is 243 Å². The van der Waals surface area contributed by atoms with Crippen molar-refractivity contribution in [2.75, 3.05) is 18.8 Å². The first-order valence-electron chi connectivity index (χ1n) is 13.5. The molecule has 0 unspecified atom stereocenters. The van der Waals surface area contributed by atoms with Crippen molar-refractivity contribution in [2.24, 2.45) is 0 Å². The number of aromatic nitrogens is 2. The van der Waals surface area contributed by atoms with Crippen molar-refractivity contribution in [3.8, 4) is 21.7 Å². The van der Waals surface area contributed by atoms with E-state index in [1.54, 1.807) is 59.8 Å². The third-order valence-corrected chi connectivity index (χ3v) is 8.34. The summed E-state index contributed by atoms with van der Waals surface area (Å²) in [5.74, 6) is 0.147. The average Bonchev–Trinajstić information content (AvgIpc) is 3.44. The topological polar surface area (TPSA) is 101 Å². The Morgan fingerprint density at radius 1 is 1.07 bits per heavy atom. The summed E-state index contributed by atoms with van der Waals surface area (Å²) in [6.07, 6.45) is 7.11. The molecule has 0 radical (unpaired) electrons. The summed E-state index contributed by atoms with van der Waals surface area (Å²) in [7, 11) is 0. The van der Waals surface area contributed by atoms with Gasteiger partial charge in [0.1, 0.15) is 11.5 Å². The molecule has 0 spiro atoms. The fourth-order valence-corrected chi connectivity index (χ4v) is 5.73. The summed E-state index contributed by atoms with van der Waals surface area (Å²) in [6.45, 7) is 4.93. The van der Waals surface area contributed by atoms with Gasteiger partial charge >= 0.3 is 0 Å². The minimum Gasteiger partial charge on any atom is -0.384 e. The molecule has 9 heteroatoms. The minimum absolute atomic E-state index is 0.106. The molecule has 3 N–H and O–H groups in total. The molecule has 4 heterocycles. The van der Waals surface area contributed by atoms with Crippen molar-refractivity contribution >= 4 is 35.0 Å². The van der Waals surface area contributed by atoms with E-state index in [1.807, 2.05) is 18.2 Å². The van der Waals surface area contributed by atoms with Crippen molar-refractivity contribution in [1.29, 1.82) is 0 Å². The van der Waals surface area contributed by atoms with Gasteiger partial charge < -0.3 is 16.0 Å². The number of hydrogen-bond acceptors (Lipinski definition) is 6. The van der Waals surface area contributed by atoms with Crippen LogP contribution in [0.1, 0.15) is 46.1 Å². The Hall–Kier alpha value is -4.37. The number of hydrogen-bond donors (Lipinski definition) is 2. The van der Waals surface area contributed by atoms with Crippen LogP contribution in [0.25, 0.3) is 27.8 Å². The van der Waals surface area contributed by atoms with Gasteiger partial charge in [0.05, 0.1) is 17.8 Å². The van der Waals surface area contributed by atoms with Gasteiger partial charge in [0, 0.05) is 46.9 Å². The standard InChI is InChI=1S/C32H32FN5O2S/c1-21-17-23(27-9-6-24(19-35-27)31(40)38-15-13-32(2,33)14-16-38)5-8-26(21)28-10-7-25(41-28)20-37-30(39)12-4-22-3-11-29(34)36-18-22/h3-12,17-19H,13-16,20H2,1-2H3,(H2,34,36)(H,37,39)/b12-4+. The molecule has 210 valence electrons. The van der Waals surface area contributed by atoms with Crippen molar-refractivity contribution in [3.05, 3.63) is 94.6 Å². The fourth-order valence-electron chi connectivity index (χ4n) is 4.69. The van der Waals surface area contributed by atoms with Gasteiger partial charge in [0.15, 0.2) is 0 Å². The van der Waals surface area contributed by atoms with E-state index in [9.17, 15) is 14.0 Å². The number of nitrogens with one attached hydrogen (secondary N) is 1. The Balaban J connectivity index is 1.19. The summed E-state index contributed by atoms with van der Waals surface area (Å²) in [5.41, 5.74) is 9.67. The molecule has 1 aliphatic heterocycles. The molecule has 1 saturated heterocycles. The van der Waals surface area contributed by atoms with E-state index >= 15 is 0 Å². The smallest absolute Gasteiger partial charge is 0.255 e. The molecule has 5 rings (SSSR count). The molecule has 2 amide bonds. The number of amides is 2. The maximum atomic E-state index is 14.1. The van der Waals surface area contributed by atoms with E-state index in [-0.39, 0.29) is 11.8 Å². The third kappa shape index (κ3) is 7.05. The maximum Gasteiger partial charge on any atom is 0.255 e. The summed E-state index contributed by atoms with van der Waals surface area (Å²) >= 11 is 1.63. The van der Waals surface area contributed by atoms with Crippen LogP contribution in [0.4, 0.5) is 10.2 Å². The first kappa shape index (κ1) is 28.2. The first-order valence-corrected chi connectivity index (χ1v) is 14.3. The molecule has 0 atom stereocenters. The quantitative estimate of drug-likeness (QED) is 0.264. The van der Waals surface area contributed by atoms with Gasteiger partial charge in [0.2, 0.25) is 5.91 Å². The fraction of sp³-hybridized carbons (Fsp3) is 0.250. The second kappa shape index (κ2) is 12.0. The van der Waals surface area contributed by atoms with Crippen LogP contribution in [-0.4, -0.2) is 45.4 Å². The SMILES string of the molecule is Cc1cc(-c2ccc(C(=O)N3CCC(C)(F)CC3)cn2)ccc1-c1ccc(CNC(=O)/C=C/c2ccc(N)nc2)s1. The Kier molecular flexibility index (Phi) is 8.26. The lowest BCUT2D eigenvalue weighted by atomic mass is 9.95. The molecule has 0 saturated carbocycles. The molecule has 0 aliphatic carbocycles. The number of benzene rings is 1. The lowest BCUT2D eigenvalue weighted by Gasteiger charge is -2.34. The number of halogens is 1. The first-order chi connectivity index (χ1) is 19.7. The van der Waals surface area contributed by atoms with Gasteiger partial charge in [-0.1, -0.05) is 12.1 Å². The highest BCUT2D eigenvalue weighted by atomic mass is 32.1. The molecule has 41 heavy (non-hydrogen) atoms. The minimum atomic E-state index is -1.20. The van der Waals surface area contributed by atoms with E-state index in [0.717, 1.165) is 37.7 Å². The van der Waals surface area contributed by atoms with Gasteiger partial charge in [-0.25, -0.2) is 9.37 Å². The van der Waals surface area contributed by atoms with Gasteiger partial charge in [-0.15, -0.1) is 11.3 Å². The normalized spacial score (nSPS) is 14.8. The van der Waals surface area contributed by atoms with Crippen LogP contribution in [0, 0.1) is 6.92 Å². The van der Waals surface area contributed by atoms with Crippen LogP contribution in [0.2, 0.25) is 0 Å². The number of nitrogens with zero attached hydrogens (tertiary/aromatic N) is 3. The molecular formula is C32H32FN5O2S. The average molecular weight is 570 g/mol. The summed E-state index contributed by atoms with van der Waals surface area (Å²) in [5, 5.41) is 2.92. The maximum absolute atomic E-state index is 14.1. The lowest BCUT2D eigenvalue weighted by Crippen LogP contribution is -2.43. The molecule has 0 bridgehead atoms. The number of nitrogens with two attached hydrogens (primary N) is 1. The van der Waals surface area contributed by atoms with E-state index < -0.39 is 5.67 Å². The molecule has 3 aromatic heterocycles. The van der Waals surface area contributed by atoms with Crippen LogP contribution in [-0.2, 0) is 11.3 Å². The molecular weight excluding hydrogens is 537 g/mol. The molecule has 7 nitrogen and oxygen atoms in total. The Morgan fingerprint density at radius 2 is 1.88 bits per heavy atom. The van der Waals surface area contributed by atoms with Crippen molar-refractivity contribution < 1.29 is 14.0 Å². The van der Waals surface area contributed by atoms with Gasteiger partial charge in [-0.05, 0) is 91.9 Å². The van der Waals surface area contributed by atoms with Crippen LogP contribution in [0.3, 0.4) is 0 Å². The Bertz CT molecular complexity index is 1570. The number of carbonyl (C=O) groups excluding carboxylic acids is 2. The van der Waals surface area contributed by atoms with Crippen LogP contribution < -0.4 is 11.1 Å². The number of nitrogen functional groups attached to an aromatic ring is 1. The molecule has 4 aromatic rings. The summed E-state index contributed by atoms with van der Waals surface area (Å²) in [6, 6.07) is 17.4. The van der Waals surface area contributed by atoms with E-state index in [0.29, 0.717) is 43.9 Å². The summed E-state index contributed by atoms with van der Waals surface area (Å²) in [4.78, 5) is 37.5. The number of aryl methyl sites for hydroxylation is 1. The predicted molar refractivity (Wildman–Crippen MR) is 162 cm³/mol. The second-order valence-electron chi connectivity index (χ2n) is 10.5. The van der Waals surface area contributed by atoms with Crippen molar-refractivity contribution in [3.63, 3.8) is 0 Å². The molecule has 1 aromatic carbocycles. The monoisotopic (exact) mass is 569 g/mol. The number of thiophene rings is 1. The zero-order valence-electron chi connectivity index (χ0n) is 23.1. The lowest BCUT2D eigenvalue weighted by molar-refractivity contribution is -0.116. The molecule has 1 fully saturated rings. The third-order valence-electron chi connectivity index (χ3n) is 7.23. The number of anilines is 1. The van der Waals surface area contributed by atoms with E-state index in [2.05, 4.69) is 40.4 Å². The highest BCUT2D eigenvalue weighted by molar-refractivity contribution is 7.15. The van der Waals surface area contributed by atoms with Gasteiger partial charge in [0.25, 0.3) is 5.91 Å². The van der Waals surface area contributed by atoms with Crippen molar-refractivity contribution in [1.82, 2.24) is 20.2 Å². The van der Waals surface area contributed by atoms with Crippen LogP contribution in [0.5, 0.6) is 0 Å². The largest absolute Gasteiger partial charge is 0.384 e. The number of rotatable bonds is 7. The van der Waals surface area contributed by atoms with E-state index in [4.69, 9.17) is 5.73 Å². The number of carbonyl (C=O) groups is 2. The highest BCUT2D eigenvalue weighted by Gasteiger charge is 2.31. The highest BCUT2D eigenvalue weighted by Crippen LogP contribution is 2.33. The van der Waals surface area contributed by atoms with E-state index in [1.165, 1.54) is 6.08 Å². The van der Waals surface area contributed by atoms with Crippen LogP contribution in [0.15, 0.2) is 73.1 Å².